The third kappa shape index (κ3) is 3.25. The molecule has 2 N–H and O–H groups in total. The number of carbonyl (C=O) groups is 1. The Morgan fingerprint density at radius 2 is 2.20 bits per heavy atom. The molecule has 0 radical (unpaired) electrons. The fourth-order valence-corrected chi connectivity index (χ4v) is 2.62. The topological polar surface area (TPSA) is 60.9 Å². The van der Waals surface area contributed by atoms with Gasteiger partial charge in [-0.15, -0.1) is 11.6 Å². The minimum absolute atomic E-state index is 0.199. The van der Waals surface area contributed by atoms with Crippen molar-refractivity contribution in [2.45, 2.75) is 38.1 Å². The molecule has 1 amide bonds. The largest absolute Gasteiger partial charge is 0.370 e. The number of primary amides is 1. The Morgan fingerprint density at radius 1 is 1.45 bits per heavy atom. The predicted octanol–water partition coefficient (Wildman–Crippen LogP) is 3.65. The summed E-state index contributed by atoms with van der Waals surface area (Å²) in [6.07, 6.45) is 2.00. The van der Waals surface area contributed by atoms with Crippen LogP contribution in [0.2, 0.25) is 5.02 Å². The second kappa shape index (κ2) is 6.46. The van der Waals surface area contributed by atoms with Gasteiger partial charge in [0, 0.05) is 13.0 Å². The van der Waals surface area contributed by atoms with Gasteiger partial charge in [0.25, 0.3) is 0 Å². The van der Waals surface area contributed by atoms with Gasteiger partial charge in [-0.25, -0.2) is 4.98 Å². The number of halogens is 2. The number of alkyl halides is 1. The van der Waals surface area contributed by atoms with Gasteiger partial charge in [0.15, 0.2) is 0 Å². The molecule has 0 spiro atoms. The number of carbonyl (C=O) groups excluding carboxylic acids is 1. The molecule has 4 nitrogen and oxygen atoms in total. The van der Waals surface area contributed by atoms with E-state index in [0.717, 1.165) is 36.2 Å². The average Bonchev–Trinajstić information content (AvgIpc) is 2.75. The van der Waals surface area contributed by atoms with Crippen LogP contribution in [-0.2, 0) is 11.3 Å². The van der Waals surface area contributed by atoms with Crippen LogP contribution in [0.5, 0.6) is 0 Å². The van der Waals surface area contributed by atoms with E-state index in [1.807, 2.05) is 25.1 Å². The Kier molecular flexibility index (Phi) is 4.89. The van der Waals surface area contributed by atoms with Gasteiger partial charge in [-0.3, -0.25) is 4.79 Å². The first-order chi connectivity index (χ1) is 9.50. The van der Waals surface area contributed by atoms with Crippen LogP contribution < -0.4 is 5.73 Å². The Hall–Kier alpha value is -1.26. The lowest BCUT2D eigenvalue weighted by Crippen LogP contribution is -2.11. The van der Waals surface area contributed by atoms with E-state index in [9.17, 15) is 4.79 Å². The van der Waals surface area contributed by atoms with Crippen molar-refractivity contribution in [1.82, 2.24) is 9.55 Å². The summed E-state index contributed by atoms with van der Waals surface area (Å²) in [6.45, 7) is 2.63. The number of nitrogens with zero attached hydrogens (tertiary/aromatic N) is 2. The number of fused-ring (bicyclic) bond motifs is 1. The molecule has 2 rings (SSSR count). The standard InChI is InChI=1S/C14H17Cl2N3O/c1-9(15)14-18-13-10(16)5-4-6-11(13)19(14)8-3-2-7-12(17)20/h4-6,9H,2-3,7-8H2,1H3,(H2,17,20). The molecule has 6 heteroatoms. The second-order valence-corrected chi connectivity index (χ2v) is 5.83. The molecule has 1 atom stereocenters. The smallest absolute Gasteiger partial charge is 0.217 e. The van der Waals surface area contributed by atoms with Gasteiger partial charge in [0.05, 0.1) is 15.9 Å². The van der Waals surface area contributed by atoms with E-state index in [1.165, 1.54) is 0 Å². The third-order valence-corrected chi connectivity index (χ3v) is 3.67. The van der Waals surface area contributed by atoms with Crippen LogP contribution in [-0.4, -0.2) is 15.5 Å². The van der Waals surface area contributed by atoms with Crippen LogP contribution in [0, 0.1) is 0 Å². The molecule has 0 aliphatic carbocycles. The number of amides is 1. The molecule has 108 valence electrons. The molecular weight excluding hydrogens is 297 g/mol. The van der Waals surface area contributed by atoms with Gasteiger partial charge < -0.3 is 10.3 Å². The van der Waals surface area contributed by atoms with E-state index in [1.54, 1.807) is 0 Å². The summed E-state index contributed by atoms with van der Waals surface area (Å²) in [5.74, 6) is 0.531. The fourth-order valence-electron chi connectivity index (χ4n) is 2.24. The summed E-state index contributed by atoms with van der Waals surface area (Å²) in [4.78, 5) is 15.3. The van der Waals surface area contributed by atoms with Crippen LogP contribution in [0.4, 0.5) is 0 Å². The maximum atomic E-state index is 10.8. The van der Waals surface area contributed by atoms with Crippen LogP contribution in [0.15, 0.2) is 18.2 Å². The first-order valence-electron chi connectivity index (χ1n) is 6.57. The number of para-hydroxylation sites is 1. The number of benzene rings is 1. The van der Waals surface area contributed by atoms with Gasteiger partial charge in [0.1, 0.15) is 11.3 Å². The van der Waals surface area contributed by atoms with Gasteiger partial charge >= 0.3 is 0 Å². The van der Waals surface area contributed by atoms with Gasteiger partial charge in [-0.05, 0) is 31.9 Å². The van der Waals surface area contributed by atoms with Crippen molar-refractivity contribution >= 4 is 40.1 Å². The Bertz CT molecular complexity index is 622. The van der Waals surface area contributed by atoms with Crippen molar-refractivity contribution in [3.63, 3.8) is 0 Å². The monoisotopic (exact) mass is 313 g/mol. The van der Waals surface area contributed by atoms with E-state index in [2.05, 4.69) is 9.55 Å². The molecule has 0 bridgehead atoms. The zero-order chi connectivity index (χ0) is 14.7. The van der Waals surface area contributed by atoms with Crippen LogP contribution in [0.3, 0.4) is 0 Å². The maximum absolute atomic E-state index is 10.8. The van der Waals surface area contributed by atoms with Crippen molar-refractivity contribution in [2.24, 2.45) is 5.73 Å². The zero-order valence-corrected chi connectivity index (χ0v) is 12.8. The number of hydrogen-bond donors (Lipinski definition) is 1. The number of rotatable bonds is 6. The number of aromatic nitrogens is 2. The molecule has 1 aromatic heterocycles. The molecule has 0 fully saturated rings. The SMILES string of the molecule is CC(Cl)c1nc2c(Cl)cccc2n1CCCCC(N)=O. The quantitative estimate of drug-likeness (QED) is 0.653. The lowest BCUT2D eigenvalue weighted by Gasteiger charge is -2.10. The number of aryl methyl sites for hydroxylation is 1. The Balaban J connectivity index is 2.27. The lowest BCUT2D eigenvalue weighted by atomic mass is 10.2. The van der Waals surface area contributed by atoms with Crippen molar-refractivity contribution in [3.8, 4) is 0 Å². The minimum Gasteiger partial charge on any atom is -0.370 e. The van der Waals surface area contributed by atoms with Crippen molar-refractivity contribution in [1.29, 1.82) is 0 Å². The van der Waals surface area contributed by atoms with E-state index in [0.29, 0.717) is 11.4 Å². The van der Waals surface area contributed by atoms with Crippen LogP contribution in [0.1, 0.15) is 37.4 Å². The molecule has 20 heavy (non-hydrogen) atoms. The number of imidazole rings is 1. The van der Waals surface area contributed by atoms with Crippen molar-refractivity contribution in [3.05, 3.63) is 29.0 Å². The fraction of sp³-hybridized carbons (Fsp3) is 0.429. The molecule has 1 aromatic carbocycles. The highest BCUT2D eigenvalue weighted by molar-refractivity contribution is 6.35. The van der Waals surface area contributed by atoms with Gasteiger partial charge in [-0.2, -0.15) is 0 Å². The van der Waals surface area contributed by atoms with E-state index in [-0.39, 0.29) is 11.3 Å². The highest BCUT2D eigenvalue weighted by atomic mass is 35.5. The molecule has 0 saturated heterocycles. The normalized spacial score (nSPS) is 12.8. The minimum atomic E-state index is -0.269. The van der Waals surface area contributed by atoms with E-state index in [4.69, 9.17) is 28.9 Å². The van der Waals surface area contributed by atoms with E-state index < -0.39 is 0 Å². The summed E-state index contributed by atoms with van der Waals surface area (Å²) >= 11 is 12.4. The molecule has 0 aliphatic heterocycles. The van der Waals surface area contributed by atoms with Gasteiger partial charge in [-0.1, -0.05) is 17.7 Å². The molecule has 1 heterocycles. The van der Waals surface area contributed by atoms with Crippen molar-refractivity contribution in [2.75, 3.05) is 0 Å². The molecule has 0 saturated carbocycles. The summed E-state index contributed by atoms with van der Waals surface area (Å²) < 4.78 is 2.07. The number of nitrogens with two attached hydrogens (primary N) is 1. The predicted molar refractivity (Wildman–Crippen MR) is 82.1 cm³/mol. The Morgan fingerprint density at radius 3 is 2.85 bits per heavy atom. The van der Waals surface area contributed by atoms with Crippen LogP contribution >= 0.6 is 23.2 Å². The highest BCUT2D eigenvalue weighted by Gasteiger charge is 2.16. The summed E-state index contributed by atoms with van der Waals surface area (Å²) in [5, 5.41) is 0.423. The average molecular weight is 314 g/mol. The second-order valence-electron chi connectivity index (χ2n) is 4.77. The number of unbranched alkanes of at least 4 members (excludes halogenated alkanes) is 1. The first kappa shape index (κ1) is 15.1. The third-order valence-electron chi connectivity index (χ3n) is 3.17. The molecular formula is C14H17Cl2N3O. The van der Waals surface area contributed by atoms with Gasteiger partial charge in [0.2, 0.25) is 5.91 Å². The summed E-state index contributed by atoms with van der Waals surface area (Å²) in [6, 6.07) is 5.69. The molecule has 0 aliphatic rings. The maximum Gasteiger partial charge on any atom is 0.217 e. The Labute approximate surface area is 127 Å². The zero-order valence-electron chi connectivity index (χ0n) is 11.3. The molecule has 2 aromatic rings. The van der Waals surface area contributed by atoms with E-state index >= 15 is 0 Å². The highest BCUT2D eigenvalue weighted by Crippen LogP contribution is 2.29. The summed E-state index contributed by atoms with van der Waals surface area (Å²) in [5.41, 5.74) is 6.89. The molecule has 1 unspecified atom stereocenters. The number of hydrogen-bond acceptors (Lipinski definition) is 2. The summed E-state index contributed by atoms with van der Waals surface area (Å²) in [7, 11) is 0. The first-order valence-corrected chi connectivity index (χ1v) is 7.39. The van der Waals surface area contributed by atoms with Crippen LogP contribution in [0.25, 0.3) is 11.0 Å². The van der Waals surface area contributed by atoms with Crippen molar-refractivity contribution < 1.29 is 4.79 Å². The lowest BCUT2D eigenvalue weighted by molar-refractivity contribution is -0.118.